The Labute approximate surface area is 64.3 Å². The van der Waals surface area contributed by atoms with E-state index >= 15 is 0 Å². The number of carboxylic acid groups (broad SMARTS) is 1. The van der Waals surface area contributed by atoms with Crippen molar-refractivity contribution < 1.29 is 15.0 Å². The lowest BCUT2D eigenvalue weighted by Crippen LogP contribution is -1.89. The van der Waals surface area contributed by atoms with Crippen LogP contribution in [0, 0.1) is 0 Å². The predicted octanol–water partition coefficient (Wildman–Crippen LogP) is 0.473. The lowest BCUT2D eigenvalue weighted by atomic mass is 10.4. The smallest absolute Gasteiger partial charge is 0.336 e. The zero-order valence-electron chi connectivity index (χ0n) is 6.03. The van der Waals surface area contributed by atoms with Crippen LogP contribution in [0.3, 0.4) is 0 Å². The predicted molar refractivity (Wildman–Crippen MR) is 39.0 cm³/mol. The molecule has 0 aliphatic rings. The van der Waals surface area contributed by atoms with Crippen molar-refractivity contribution in [3.63, 3.8) is 0 Å². The first-order valence-corrected chi connectivity index (χ1v) is 2.96. The quantitative estimate of drug-likeness (QED) is 0.446. The van der Waals surface area contributed by atoms with Crippen molar-refractivity contribution in [1.29, 1.82) is 0 Å². The molecule has 0 amide bonds. The Bertz CT molecular complexity index is 257. The van der Waals surface area contributed by atoms with Crippen LogP contribution in [0.15, 0.2) is 29.3 Å². The fraction of sp³-hybridized carbons (Fsp3) is 0.250. The number of aliphatic hydroxyl groups is 1. The van der Waals surface area contributed by atoms with Crippen molar-refractivity contribution in [2.45, 2.75) is 13.0 Å². The number of hydrogen-bond donors (Lipinski definition) is 2. The van der Waals surface area contributed by atoms with Gasteiger partial charge in [0.25, 0.3) is 0 Å². The van der Waals surface area contributed by atoms with E-state index in [1.165, 1.54) is 6.08 Å². The number of carbonyl (C=O) groups is 1. The number of carboxylic acids is 1. The monoisotopic (exact) mass is 152 g/mol. The SMILES string of the molecule is CC(O)C=C=C=C=CC(=O)O. The highest BCUT2D eigenvalue weighted by Gasteiger charge is 1.79. The minimum Gasteiger partial charge on any atom is -0.478 e. The van der Waals surface area contributed by atoms with Crippen LogP contribution in [0.25, 0.3) is 0 Å². The Morgan fingerprint density at radius 2 is 2.18 bits per heavy atom. The largest absolute Gasteiger partial charge is 0.478 e. The maximum absolute atomic E-state index is 9.85. The van der Waals surface area contributed by atoms with Crippen molar-refractivity contribution in [2.24, 2.45) is 0 Å². The molecule has 0 saturated heterocycles. The summed E-state index contributed by atoms with van der Waals surface area (Å²) in [5.74, 6) is -1.09. The van der Waals surface area contributed by atoms with E-state index in [2.05, 4.69) is 17.2 Å². The second-order valence-corrected chi connectivity index (χ2v) is 1.80. The van der Waals surface area contributed by atoms with Gasteiger partial charge in [0.15, 0.2) is 0 Å². The summed E-state index contributed by atoms with van der Waals surface area (Å²) in [5, 5.41) is 16.7. The Morgan fingerprint density at radius 3 is 2.64 bits per heavy atom. The maximum Gasteiger partial charge on any atom is 0.336 e. The van der Waals surface area contributed by atoms with Crippen LogP contribution < -0.4 is 0 Å². The minimum atomic E-state index is -1.09. The summed E-state index contributed by atoms with van der Waals surface area (Å²) in [6, 6.07) is 0. The fourth-order valence-corrected chi connectivity index (χ4v) is 0.302. The van der Waals surface area contributed by atoms with Gasteiger partial charge in [-0.3, -0.25) is 0 Å². The lowest BCUT2D eigenvalue weighted by Gasteiger charge is -1.84. The van der Waals surface area contributed by atoms with Crippen molar-refractivity contribution in [3.05, 3.63) is 29.3 Å². The Balaban J connectivity index is 4.33. The summed E-state index contributed by atoms with van der Waals surface area (Å²) >= 11 is 0. The van der Waals surface area contributed by atoms with Crippen LogP contribution in [0.2, 0.25) is 0 Å². The Morgan fingerprint density at radius 1 is 1.55 bits per heavy atom. The van der Waals surface area contributed by atoms with Crippen LogP contribution in [-0.2, 0) is 4.79 Å². The molecule has 58 valence electrons. The summed E-state index contributed by atoms with van der Waals surface area (Å²) in [6.07, 6.45) is 1.54. The van der Waals surface area contributed by atoms with E-state index in [9.17, 15) is 4.79 Å². The zero-order valence-corrected chi connectivity index (χ0v) is 6.03. The van der Waals surface area contributed by atoms with Crippen molar-refractivity contribution in [3.8, 4) is 0 Å². The average molecular weight is 152 g/mol. The van der Waals surface area contributed by atoms with Crippen LogP contribution in [-0.4, -0.2) is 22.3 Å². The number of hydrogen-bond acceptors (Lipinski definition) is 2. The molecule has 0 aromatic heterocycles. The summed E-state index contributed by atoms with van der Waals surface area (Å²) < 4.78 is 0. The molecule has 0 aliphatic carbocycles. The van der Waals surface area contributed by atoms with Gasteiger partial charge in [0, 0.05) is 0 Å². The van der Waals surface area contributed by atoms with Gasteiger partial charge in [-0.1, -0.05) is 11.5 Å². The molecule has 3 heteroatoms. The highest BCUT2D eigenvalue weighted by Crippen LogP contribution is 1.76. The molecule has 0 aromatic rings. The molecular weight excluding hydrogens is 144 g/mol. The number of rotatable bonds is 2. The lowest BCUT2D eigenvalue weighted by molar-refractivity contribution is -0.131. The molecular formula is C8H8O3. The fourth-order valence-electron chi connectivity index (χ4n) is 0.302. The van der Waals surface area contributed by atoms with Crippen LogP contribution in [0.1, 0.15) is 6.92 Å². The summed E-state index contributed by atoms with van der Waals surface area (Å²) in [4.78, 5) is 9.85. The normalized spacial score (nSPS) is 10.0. The van der Waals surface area contributed by atoms with Gasteiger partial charge in [-0.25, -0.2) is 4.79 Å². The van der Waals surface area contributed by atoms with Crippen LogP contribution in [0.4, 0.5) is 0 Å². The zero-order chi connectivity index (χ0) is 8.69. The van der Waals surface area contributed by atoms with E-state index in [1.807, 2.05) is 0 Å². The highest BCUT2D eigenvalue weighted by molar-refractivity contribution is 5.79. The molecule has 0 rings (SSSR count). The van der Waals surface area contributed by atoms with E-state index in [0.717, 1.165) is 6.08 Å². The molecule has 0 heterocycles. The Hall–Kier alpha value is -1.49. The van der Waals surface area contributed by atoms with Gasteiger partial charge in [0.05, 0.1) is 12.2 Å². The molecule has 0 bridgehead atoms. The molecule has 2 N–H and O–H groups in total. The third-order valence-corrected chi connectivity index (χ3v) is 0.665. The van der Waals surface area contributed by atoms with Crippen molar-refractivity contribution in [1.82, 2.24) is 0 Å². The third kappa shape index (κ3) is 8.51. The topological polar surface area (TPSA) is 57.5 Å². The summed E-state index contributed by atoms with van der Waals surface area (Å²) in [5.41, 5.74) is 6.92. The minimum absolute atomic E-state index is 0.603. The molecule has 0 aliphatic heterocycles. The molecule has 0 aromatic carbocycles. The van der Waals surface area contributed by atoms with Gasteiger partial charge in [0.1, 0.15) is 0 Å². The van der Waals surface area contributed by atoms with Gasteiger partial charge < -0.3 is 10.2 Å². The molecule has 0 radical (unpaired) electrons. The Kier molecular flexibility index (Phi) is 4.59. The van der Waals surface area contributed by atoms with Gasteiger partial charge in [-0.2, -0.15) is 0 Å². The van der Waals surface area contributed by atoms with E-state index in [0.29, 0.717) is 0 Å². The second-order valence-electron chi connectivity index (χ2n) is 1.80. The highest BCUT2D eigenvalue weighted by atomic mass is 16.4. The standard InChI is InChI=1S/C8H8O3/c1-7(9)5-3-2-4-6-8(10)11/h5-7,9H,1H3,(H,10,11). The first-order chi connectivity index (χ1) is 5.13. The van der Waals surface area contributed by atoms with Gasteiger partial charge >= 0.3 is 5.97 Å². The first kappa shape index (κ1) is 9.51. The summed E-state index contributed by atoms with van der Waals surface area (Å²) in [6.45, 7) is 1.55. The molecule has 3 nitrogen and oxygen atoms in total. The molecule has 0 spiro atoms. The van der Waals surface area contributed by atoms with E-state index in [4.69, 9.17) is 10.2 Å². The number of aliphatic hydroxyl groups excluding tert-OH is 1. The third-order valence-electron chi connectivity index (χ3n) is 0.665. The molecule has 0 fully saturated rings. The van der Waals surface area contributed by atoms with Gasteiger partial charge in [-0.05, 0) is 18.7 Å². The van der Waals surface area contributed by atoms with E-state index < -0.39 is 12.1 Å². The van der Waals surface area contributed by atoms with Crippen molar-refractivity contribution in [2.75, 3.05) is 0 Å². The number of aliphatic carboxylic acids is 1. The van der Waals surface area contributed by atoms with Gasteiger partial charge in [0.2, 0.25) is 0 Å². The molecule has 0 saturated carbocycles. The average Bonchev–Trinajstić information content (AvgIpc) is 1.85. The second kappa shape index (κ2) is 5.31. The summed E-state index contributed by atoms with van der Waals surface area (Å²) in [7, 11) is 0. The van der Waals surface area contributed by atoms with Crippen molar-refractivity contribution >= 4 is 5.97 Å². The van der Waals surface area contributed by atoms with Gasteiger partial charge in [-0.15, -0.1) is 0 Å². The van der Waals surface area contributed by atoms with Crippen LogP contribution >= 0.6 is 0 Å². The van der Waals surface area contributed by atoms with E-state index in [-0.39, 0.29) is 0 Å². The molecule has 1 unspecified atom stereocenters. The van der Waals surface area contributed by atoms with E-state index in [1.54, 1.807) is 6.92 Å². The first-order valence-electron chi connectivity index (χ1n) is 2.96. The molecule has 11 heavy (non-hydrogen) atoms. The maximum atomic E-state index is 9.85. The van der Waals surface area contributed by atoms with Crippen LogP contribution in [0.5, 0.6) is 0 Å². The molecule has 1 atom stereocenters.